The van der Waals surface area contributed by atoms with Crippen molar-refractivity contribution in [2.24, 2.45) is 0 Å². The molecule has 0 saturated heterocycles. The van der Waals surface area contributed by atoms with Gasteiger partial charge in [-0.2, -0.15) is 24.9 Å². The van der Waals surface area contributed by atoms with E-state index in [-0.39, 0.29) is 17.1 Å². The first-order valence-corrected chi connectivity index (χ1v) is 6.21. The van der Waals surface area contributed by atoms with Crippen LogP contribution in [0.2, 0.25) is 0 Å². The third-order valence-corrected chi connectivity index (χ3v) is 3.25. The maximum atomic E-state index is 12.1. The fourth-order valence-electron chi connectivity index (χ4n) is 0.852. The van der Waals surface area contributed by atoms with Crippen LogP contribution in [0.4, 0.5) is 13.2 Å². The highest BCUT2D eigenvalue weighted by atomic mass is 32.2. The summed E-state index contributed by atoms with van der Waals surface area (Å²) in [5.74, 6) is 0.329. The van der Waals surface area contributed by atoms with Gasteiger partial charge in [0.25, 0.3) is 0 Å². The van der Waals surface area contributed by atoms with Gasteiger partial charge in [-0.3, -0.25) is 4.79 Å². The van der Waals surface area contributed by atoms with Gasteiger partial charge >= 0.3 is 6.18 Å². The van der Waals surface area contributed by atoms with Crippen LogP contribution in [0.25, 0.3) is 0 Å². The summed E-state index contributed by atoms with van der Waals surface area (Å²) in [7, 11) is 0. The van der Waals surface area contributed by atoms with Crippen LogP contribution < -0.4 is 0 Å². The number of thiazole rings is 1. The lowest BCUT2D eigenvalue weighted by Gasteiger charge is -1.98. The molecule has 15 heavy (non-hydrogen) atoms. The van der Waals surface area contributed by atoms with Crippen LogP contribution >= 0.6 is 23.1 Å². The average Bonchev–Trinajstić information content (AvgIpc) is 2.62. The van der Waals surface area contributed by atoms with E-state index >= 15 is 0 Å². The molecule has 84 valence electrons. The van der Waals surface area contributed by atoms with Crippen molar-refractivity contribution >= 4 is 28.9 Å². The summed E-state index contributed by atoms with van der Waals surface area (Å²) >= 11 is 1.88. The van der Waals surface area contributed by atoms with Gasteiger partial charge in [-0.05, 0) is 6.26 Å². The Kier molecular flexibility index (Phi) is 4.15. The number of ketones is 1. The van der Waals surface area contributed by atoms with Gasteiger partial charge in [0.1, 0.15) is 0 Å². The highest BCUT2D eigenvalue weighted by Crippen LogP contribution is 2.32. The van der Waals surface area contributed by atoms with Crippen molar-refractivity contribution in [1.29, 1.82) is 0 Å². The Morgan fingerprint density at radius 1 is 1.60 bits per heavy atom. The highest BCUT2D eigenvalue weighted by molar-refractivity contribution is 7.98. The topological polar surface area (TPSA) is 30.0 Å². The maximum absolute atomic E-state index is 12.1. The van der Waals surface area contributed by atoms with E-state index in [1.807, 2.05) is 6.26 Å². The number of thioether (sulfide) groups is 1. The fraction of sp³-hybridized carbons (Fsp3) is 0.500. The van der Waals surface area contributed by atoms with E-state index in [2.05, 4.69) is 4.98 Å². The first kappa shape index (κ1) is 12.5. The van der Waals surface area contributed by atoms with E-state index in [1.54, 1.807) is 0 Å². The number of carbonyl (C=O) groups is 1. The number of hydrogen-bond acceptors (Lipinski definition) is 4. The second-order valence-electron chi connectivity index (χ2n) is 2.69. The van der Waals surface area contributed by atoms with E-state index in [0.717, 1.165) is 6.20 Å². The standard InChI is InChI=1S/C8H8F3NOS2/c1-14-3-2-5(13)6-4-12-7(15-6)8(9,10)11/h4H,2-3H2,1H3. The van der Waals surface area contributed by atoms with E-state index in [0.29, 0.717) is 17.1 Å². The van der Waals surface area contributed by atoms with Crippen LogP contribution in [0.1, 0.15) is 21.1 Å². The highest BCUT2D eigenvalue weighted by Gasteiger charge is 2.35. The van der Waals surface area contributed by atoms with Crippen LogP contribution in [-0.2, 0) is 6.18 Å². The zero-order valence-corrected chi connectivity index (χ0v) is 9.43. The Morgan fingerprint density at radius 2 is 2.27 bits per heavy atom. The van der Waals surface area contributed by atoms with Gasteiger partial charge in [0.15, 0.2) is 10.8 Å². The Labute approximate surface area is 92.9 Å². The normalized spacial score (nSPS) is 11.7. The molecule has 0 atom stereocenters. The van der Waals surface area contributed by atoms with Crippen LogP contribution in [0.15, 0.2) is 6.20 Å². The molecule has 7 heteroatoms. The predicted octanol–water partition coefficient (Wildman–Crippen LogP) is 3.10. The van der Waals surface area contributed by atoms with Crippen molar-refractivity contribution in [3.8, 4) is 0 Å². The number of hydrogen-bond donors (Lipinski definition) is 0. The molecule has 2 nitrogen and oxygen atoms in total. The van der Waals surface area contributed by atoms with Crippen molar-refractivity contribution in [3.05, 3.63) is 16.1 Å². The zero-order chi connectivity index (χ0) is 11.5. The van der Waals surface area contributed by atoms with Crippen LogP contribution in [0.5, 0.6) is 0 Å². The third-order valence-electron chi connectivity index (χ3n) is 1.56. The number of halogens is 3. The lowest BCUT2D eigenvalue weighted by Crippen LogP contribution is -2.03. The smallest absolute Gasteiger partial charge is 0.293 e. The molecule has 1 aromatic heterocycles. The molecule has 0 N–H and O–H groups in total. The molecule has 0 amide bonds. The Hall–Kier alpha value is -0.560. The lowest BCUT2D eigenvalue weighted by atomic mass is 10.3. The quantitative estimate of drug-likeness (QED) is 0.774. The van der Waals surface area contributed by atoms with Crippen molar-refractivity contribution in [3.63, 3.8) is 0 Å². The molecule has 0 aliphatic heterocycles. The molecule has 0 aliphatic carbocycles. The van der Waals surface area contributed by atoms with Crippen molar-refractivity contribution in [2.45, 2.75) is 12.6 Å². The lowest BCUT2D eigenvalue weighted by molar-refractivity contribution is -0.137. The summed E-state index contributed by atoms with van der Waals surface area (Å²) in [6.07, 6.45) is -1.37. The van der Waals surface area contributed by atoms with Crippen LogP contribution in [0, 0.1) is 0 Å². The molecule has 0 radical (unpaired) electrons. The minimum Gasteiger partial charge on any atom is -0.293 e. The largest absolute Gasteiger partial charge is 0.443 e. The molecule has 0 spiro atoms. The summed E-state index contributed by atoms with van der Waals surface area (Å²) in [4.78, 5) is 14.6. The Morgan fingerprint density at radius 3 is 2.73 bits per heavy atom. The van der Waals surface area contributed by atoms with Gasteiger partial charge < -0.3 is 0 Å². The summed E-state index contributed by atoms with van der Waals surface area (Å²) < 4.78 is 36.4. The first-order chi connectivity index (χ1) is 6.95. The van der Waals surface area contributed by atoms with Gasteiger partial charge in [0, 0.05) is 18.4 Å². The SMILES string of the molecule is CSCCC(=O)c1cnc(C(F)(F)F)s1. The van der Waals surface area contributed by atoms with Crippen LogP contribution in [0.3, 0.4) is 0 Å². The number of rotatable bonds is 4. The van der Waals surface area contributed by atoms with E-state index in [1.165, 1.54) is 11.8 Å². The molecule has 0 aliphatic rings. The fourth-order valence-corrected chi connectivity index (χ4v) is 1.99. The average molecular weight is 255 g/mol. The molecular weight excluding hydrogens is 247 g/mol. The zero-order valence-electron chi connectivity index (χ0n) is 7.80. The third kappa shape index (κ3) is 3.49. The monoisotopic (exact) mass is 255 g/mol. The molecular formula is C8H8F3NOS2. The van der Waals surface area contributed by atoms with Crippen molar-refractivity contribution in [2.75, 3.05) is 12.0 Å². The summed E-state index contributed by atoms with van der Waals surface area (Å²) in [5, 5.41) is -0.963. The summed E-state index contributed by atoms with van der Waals surface area (Å²) in [5.41, 5.74) is 0. The van der Waals surface area contributed by atoms with Gasteiger partial charge in [-0.25, -0.2) is 4.98 Å². The molecule has 0 saturated carbocycles. The van der Waals surface area contributed by atoms with E-state index in [4.69, 9.17) is 0 Å². The number of carbonyl (C=O) groups excluding carboxylic acids is 1. The van der Waals surface area contributed by atoms with Crippen LogP contribution in [-0.4, -0.2) is 22.8 Å². The minimum absolute atomic E-state index is 0.0800. The number of aromatic nitrogens is 1. The predicted molar refractivity (Wildman–Crippen MR) is 54.4 cm³/mol. The van der Waals surface area contributed by atoms with Crippen molar-refractivity contribution < 1.29 is 18.0 Å². The van der Waals surface area contributed by atoms with Crippen molar-refractivity contribution in [1.82, 2.24) is 4.98 Å². The molecule has 1 rings (SSSR count). The molecule has 0 fully saturated rings. The minimum atomic E-state index is -4.46. The van der Waals surface area contributed by atoms with E-state index < -0.39 is 11.2 Å². The van der Waals surface area contributed by atoms with Gasteiger partial charge in [-0.1, -0.05) is 0 Å². The van der Waals surface area contributed by atoms with Gasteiger partial charge in [0.2, 0.25) is 0 Å². The molecule has 0 aromatic carbocycles. The second kappa shape index (κ2) is 4.98. The molecule has 1 aromatic rings. The number of nitrogens with zero attached hydrogens (tertiary/aromatic N) is 1. The number of Topliss-reactive ketones (excluding diaryl/α,β-unsaturated/α-hetero) is 1. The number of alkyl halides is 3. The second-order valence-corrected chi connectivity index (χ2v) is 4.71. The summed E-state index contributed by atoms with van der Waals surface area (Å²) in [6.45, 7) is 0. The molecule has 0 bridgehead atoms. The molecule has 0 unspecified atom stereocenters. The molecule has 1 heterocycles. The maximum Gasteiger partial charge on any atom is 0.443 e. The van der Waals surface area contributed by atoms with Gasteiger partial charge in [0.05, 0.1) is 4.88 Å². The first-order valence-electron chi connectivity index (χ1n) is 4.00. The van der Waals surface area contributed by atoms with E-state index in [9.17, 15) is 18.0 Å². The Bertz CT molecular complexity index is 348. The Balaban J connectivity index is 2.72. The van der Waals surface area contributed by atoms with Gasteiger partial charge in [-0.15, -0.1) is 11.3 Å². The summed E-state index contributed by atoms with van der Waals surface area (Å²) in [6, 6.07) is 0.